The summed E-state index contributed by atoms with van der Waals surface area (Å²) in [5.41, 5.74) is 11.1. The molecule has 1 fully saturated rings. The number of allylic oxidation sites excluding steroid dienone is 1. The van der Waals surface area contributed by atoms with Crippen molar-refractivity contribution in [2.45, 2.75) is 85.7 Å². The van der Waals surface area contributed by atoms with Gasteiger partial charge in [-0.05, 0) is 70.4 Å². The summed E-state index contributed by atoms with van der Waals surface area (Å²) < 4.78 is 11.2. The van der Waals surface area contributed by atoms with Crippen LogP contribution in [0.5, 0.6) is 0 Å². The molecule has 1 saturated heterocycles. The van der Waals surface area contributed by atoms with Crippen LogP contribution in [0.2, 0.25) is 0 Å². The summed E-state index contributed by atoms with van der Waals surface area (Å²) in [4.78, 5) is 20.6. The van der Waals surface area contributed by atoms with Crippen LogP contribution in [0.25, 0.3) is 6.08 Å². The Morgan fingerprint density at radius 2 is 1.83 bits per heavy atom. The molecule has 6 nitrogen and oxygen atoms in total. The van der Waals surface area contributed by atoms with Gasteiger partial charge >= 0.3 is 6.04 Å². The highest BCUT2D eigenvalue weighted by molar-refractivity contribution is 5.67. The van der Waals surface area contributed by atoms with Crippen molar-refractivity contribution in [3.05, 3.63) is 59.3 Å². The molecule has 0 saturated carbocycles. The molecule has 1 aliphatic heterocycles. The van der Waals surface area contributed by atoms with Gasteiger partial charge in [-0.3, -0.25) is 14.8 Å². The van der Waals surface area contributed by atoms with E-state index in [9.17, 15) is 9.18 Å². The van der Waals surface area contributed by atoms with Crippen LogP contribution >= 0.6 is 0 Å². The Hall–Kier alpha value is -2.80. The fourth-order valence-electron chi connectivity index (χ4n) is 3.97. The molecule has 2 unspecified atom stereocenters. The van der Waals surface area contributed by atoms with E-state index in [2.05, 4.69) is 53.9 Å². The van der Waals surface area contributed by atoms with Crippen molar-refractivity contribution in [2.24, 2.45) is 5.73 Å². The minimum absolute atomic E-state index is 0.0938. The molecule has 3 rings (SSSR count). The number of nitrogens with two attached hydrogens (primary N) is 1. The summed E-state index contributed by atoms with van der Waals surface area (Å²) in [6.45, 7) is 14.8. The van der Waals surface area contributed by atoms with Crippen molar-refractivity contribution < 1.29 is 9.18 Å². The number of halogens is 1. The highest BCUT2D eigenvalue weighted by atomic mass is 19.1. The average Bonchev–Trinajstić information content (AvgIpc) is 2.79. The van der Waals surface area contributed by atoms with Crippen molar-refractivity contribution >= 4 is 17.8 Å². The van der Waals surface area contributed by atoms with Gasteiger partial charge < -0.3 is 16.0 Å². The van der Waals surface area contributed by atoms with Crippen LogP contribution in [0.15, 0.2) is 42.4 Å². The lowest BCUT2D eigenvalue weighted by molar-refractivity contribution is -0.129. The Morgan fingerprint density at radius 1 is 1.14 bits per heavy atom. The number of carbonyl (C=O) groups is 1. The van der Waals surface area contributed by atoms with Gasteiger partial charge in [0.1, 0.15) is 0 Å². The fourth-order valence-corrected chi connectivity index (χ4v) is 3.97. The molecule has 0 bridgehead atoms. The molecular formula is C28H44FN5O. The van der Waals surface area contributed by atoms with E-state index in [4.69, 9.17) is 5.73 Å². The molecule has 3 N–H and O–H groups in total. The maximum Gasteiger partial charge on any atom is 0.301 e. The molecule has 2 aromatic heterocycles. The third-order valence-electron chi connectivity index (χ3n) is 5.43. The van der Waals surface area contributed by atoms with Crippen LogP contribution in [0.4, 0.5) is 10.1 Å². The largest absolute Gasteiger partial charge is 0.402 e. The summed E-state index contributed by atoms with van der Waals surface area (Å²) in [5.74, 6) is 0. The van der Waals surface area contributed by atoms with E-state index >= 15 is 0 Å². The predicted molar refractivity (Wildman–Crippen MR) is 145 cm³/mol. The maximum atomic E-state index is 11.2. The first-order chi connectivity index (χ1) is 16.7. The first-order valence-corrected chi connectivity index (χ1v) is 12.7. The average molecular weight is 486 g/mol. The second-order valence-electron chi connectivity index (χ2n) is 9.12. The Bertz CT molecular complexity index is 889. The Balaban J connectivity index is 0.000000303. The molecule has 35 heavy (non-hydrogen) atoms. The van der Waals surface area contributed by atoms with Gasteiger partial charge in [0.15, 0.2) is 0 Å². The number of carbonyl (C=O) groups excluding carboxylic acids is 1. The minimum Gasteiger partial charge on any atom is -0.402 e. The number of hydrogen-bond donors (Lipinski definition) is 2. The van der Waals surface area contributed by atoms with Crippen molar-refractivity contribution in [3.63, 3.8) is 0 Å². The summed E-state index contributed by atoms with van der Waals surface area (Å²) in [7, 11) is 0. The zero-order valence-corrected chi connectivity index (χ0v) is 22.4. The number of unbranched alkanes of at least 4 members (excludes halogenated alkanes) is 1. The molecule has 3 heterocycles. The number of aryl methyl sites for hydroxylation is 1. The van der Waals surface area contributed by atoms with E-state index in [1.54, 1.807) is 6.20 Å². The molecule has 0 radical (unpaired) electrons. The van der Waals surface area contributed by atoms with Gasteiger partial charge in [-0.2, -0.15) is 4.39 Å². The molecule has 0 aromatic carbocycles. The van der Waals surface area contributed by atoms with Gasteiger partial charge in [0.25, 0.3) is 0 Å². The molecule has 0 spiro atoms. The van der Waals surface area contributed by atoms with E-state index in [0.717, 1.165) is 37.3 Å². The van der Waals surface area contributed by atoms with E-state index in [0.29, 0.717) is 18.5 Å². The summed E-state index contributed by atoms with van der Waals surface area (Å²) in [6, 6.07) is 7.82. The second kappa shape index (κ2) is 16.8. The van der Waals surface area contributed by atoms with Crippen molar-refractivity contribution in [1.29, 1.82) is 0 Å². The summed E-state index contributed by atoms with van der Waals surface area (Å²) >= 11 is 0. The maximum absolute atomic E-state index is 11.2. The van der Waals surface area contributed by atoms with Crippen LogP contribution < -0.4 is 16.0 Å². The molecule has 0 aliphatic carbocycles. The second-order valence-corrected chi connectivity index (χ2v) is 9.12. The van der Waals surface area contributed by atoms with Gasteiger partial charge in [0, 0.05) is 61.1 Å². The molecule has 2 aromatic rings. The Morgan fingerprint density at radius 3 is 2.31 bits per heavy atom. The van der Waals surface area contributed by atoms with Crippen molar-refractivity contribution in [1.82, 2.24) is 15.3 Å². The SMILES string of the molecule is C/C(N)=C/c1ccccn1.CCCCC(=O)F.CCCc1c(N2CC(C)NC(C)C2)ccnc1C. The van der Waals surface area contributed by atoms with E-state index in [-0.39, 0.29) is 6.42 Å². The number of aromatic nitrogens is 2. The fraction of sp³-hybridized carbons (Fsp3) is 0.536. The Kier molecular flexibility index (Phi) is 14.5. The van der Waals surface area contributed by atoms with E-state index in [1.807, 2.05) is 44.3 Å². The third-order valence-corrected chi connectivity index (χ3v) is 5.43. The molecular weight excluding hydrogens is 441 g/mol. The van der Waals surface area contributed by atoms with Crippen LogP contribution in [-0.4, -0.2) is 41.2 Å². The minimum atomic E-state index is -1.19. The summed E-state index contributed by atoms with van der Waals surface area (Å²) in [5, 5.41) is 3.59. The third kappa shape index (κ3) is 12.5. The molecule has 0 amide bonds. The first kappa shape index (κ1) is 30.2. The van der Waals surface area contributed by atoms with E-state index < -0.39 is 6.04 Å². The zero-order chi connectivity index (χ0) is 26.2. The standard InChI is InChI=1S/C15H25N3.C8H10N2.C5H9FO/c1-5-6-14-13(4)16-8-7-15(14)18-9-11(2)17-12(3)10-18;1-7(9)6-8-4-2-3-5-10-8;1-2-3-4-5(6)7/h7-8,11-12,17H,5-6,9-10H2,1-4H3;2-6H,9H2,1H3;2-4H2,1H3/b;7-6-;. The van der Waals surface area contributed by atoms with Crippen LogP contribution in [0.3, 0.4) is 0 Å². The smallest absolute Gasteiger partial charge is 0.301 e. The Labute approximate surface area is 211 Å². The number of pyridine rings is 2. The highest BCUT2D eigenvalue weighted by Gasteiger charge is 2.23. The topological polar surface area (TPSA) is 84.1 Å². The number of nitrogens with one attached hydrogen (secondary N) is 1. The molecule has 2 atom stereocenters. The van der Waals surface area contributed by atoms with Crippen LogP contribution in [-0.2, 0) is 11.2 Å². The van der Waals surface area contributed by atoms with Gasteiger partial charge in [-0.25, -0.2) is 0 Å². The number of piperazine rings is 1. The summed E-state index contributed by atoms with van der Waals surface area (Å²) in [6.07, 6.45) is 9.48. The number of nitrogens with zero attached hydrogens (tertiary/aromatic N) is 3. The van der Waals surface area contributed by atoms with Gasteiger partial charge in [0.05, 0.1) is 5.69 Å². The first-order valence-electron chi connectivity index (χ1n) is 12.7. The van der Waals surface area contributed by atoms with Crippen molar-refractivity contribution in [3.8, 4) is 0 Å². The molecule has 194 valence electrons. The van der Waals surface area contributed by atoms with Gasteiger partial charge in [-0.1, -0.05) is 32.8 Å². The quantitative estimate of drug-likeness (QED) is 0.497. The lowest BCUT2D eigenvalue weighted by Gasteiger charge is -2.38. The van der Waals surface area contributed by atoms with Gasteiger partial charge in [-0.15, -0.1) is 0 Å². The van der Waals surface area contributed by atoms with E-state index in [1.165, 1.54) is 23.4 Å². The van der Waals surface area contributed by atoms with Gasteiger partial charge in [0.2, 0.25) is 0 Å². The van der Waals surface area contributed by atoms with Crippen LogP contribution in [0.1, 0.15) is 77.3 Å². The highest BCUT2D eigenvalue weighted by Crippen LogP contribution is 2.25. The monoisotopic (exact) mass is 485 g/mol. The lowest BCUT2D eigenvalue weighted by Crippen LogP contribution is -2.54. The predicted octanol–water partition coefficient (Wildman–Crippen LogP) is 5.60. The van der Waals surface area contributed by atoms with Crippen molar-refractivity contribution in [2.75, 3.05) is 18.0 Å². The normalized spacial score (nSPS) is 17.6. The zero-order valence-electron chi connectivity index (χ0n) is 22.4. The number of anilines is 1. The molecule has 7 heteroatoms. The number of hydrogen-bond acceptors (Lipinski definition) is 6. The molecule has 1 aliphatic rings. The van der Waals surface area contributed by atoms with Crippen LogP contribution in [0, 0.1) is 6.92 Å². The number of rotatable bonds is 7. The lowest BCUT2D eigenvalue weighted by atomic mass is 10.0.